The normalized spacial score (nSPS) is 16.2. The largest absolute Gasteiger partial charge is 0.463 e. The molecule has 0 bridgehead atoms. The summed E-state index contributed by atoms with van der Waals surface area (Å²) in [5.41, 5.74) is 1.27. The molecule has 0 aromatic rings. The molecule has 0 unspecified atom stereocenters. The first-order valence-electron chi connectivity index (χ1n) is 11.6. The lowest BCUT2D eigenvalue weighted by Gasteiger charge is -2.44. The molecule has 0 aliphatic heterocycles. The van der Waals surface area contributed by atoms with E-state index in [1.807, 2.05) is 27.0 Å². The molecule has 0 aromatic carbocycles. The summed E-state index contributed by atoms with van der Waals surface area (Å²) in [4.78, 5) is 12.2. The fraction of sp³-hybridized carbons (Fsp3) is 0.958. The van der Waals surface area contributed by atoms with E-state index in [0.717, 1.165) is 12.8 Å². The molecule has 0 radical (unpaired) electrons. The van der Waals surface area contributed by atoms with Crippen LogP contribution in [0.1, 0.15) is 89.0 Å². The maximum atomic E-state index is 12.2. The van der Waals surface area contributed by atoms with E-state index in [-0.39, 0.29) is 18.2 Å². The average molecular weight is 463 g/mol. The fourth-order valence-corrected chi connectivity index (χ4v) is 10.6. The Morgan fingerprint density at radius 2 is 1.40 bits per heavy atom. The number of rotatable bonds is 14. The Morgan fingerprint density at radius 1 is 0.900 bits per heavy atom. The summed E-state index contributed by atoms with van der Waals surface area (Å²) in [5.74, 6) is 0.866. The number of carbonyl (C=O) groups is 1. The van der Waals surface area contributed by atoms with E-state index in [1.165, 1.54) is 0 Å². The van der Waals surface area contributed by atoms with Gasteiger partial charge in [0.15, 0.2) is 0 Å². The maximum absolute atomic E-state index is 12.2. The van der Waals surface area contributed by atoms with Crippen molar-refractivity contribution in [2.75, 3.05) is 18.8 Å². The third-order valence-corrected chi connectivity index (χ3v) is 12.5. The van der Waals surface area contributed by atoms with E-state index in [1.54, 1.807) is 11.8 Å². The third kappa shape index (κ3) is 9.62. The summed E-state index contributed by atoms with van der Waals surface area (Å²) in [6.45, 7) is 24.4. The van der Waals surface area contributed by atoms with E-state index in [4.69, 9.17) is 13.9 Å². The first kappa shape index (κ1) is 30.0. The minimum atomic E-state index is -1.87. The number of carbonyl (C=O) groups excluding carboxylic acids is 1. The van der Waals surface area contributed by atoms with Crippen LogP contribution >= 0.6 is 11.8 Å². The molecule has 30 heavy (non-hydrogen) atoms. The molecule has 0 saturated heterocycles. The standard InChI is InChI=1S/C24H50O4SSi/c1-17(2)30(18(3)4,19(5)6)28-21(8)13-20(7)14-22(27-16-29-12)15-26-23(25)24(9,10)11/h17-22H,13-16H2,1-12H3/t20-,21+,22-/m1/s1. The summed E-state index contributed by atoms with van der Waals surface area (Å²) in [6, 6.07) is 0. The zero-order chi connectivity index (χ0) is 23.7. The second-order valence-corrected chi connectivity index (χ2v) is 17.1. The van der Waals surface area contributed by atoms with Crippen LogP contribution < -0.4 is 0 Å². The summed E-state index contributed by atoms with van der Waals surface area (Å²) in [6.07, 6.45) is 4.02. The molecule has 0 rings (SSSR count). The molecule has 0 aromatic heterocycles. The monoisotopic (exact) mass is 462 g/mol. The van der Waals surface area contributed by atoms with Gasteiger partial charge in [-0.05, 0) is 69.3 Å². The molecule has 180 valence electrons. The Balaban J connectivity index is 4.99. The summed E-state index contributed by atoms with van der Waals surface area (Å²) < 4.78 is 18.4. The molecule has 6 heteroatoms. The quantitative estimate of drug-likeness (QED) is 0.154. The number of thioether (sulfide) groups is 1. The van der Waals surface area contributed by atoms with Gasteiger partial charge in [-0.15, -0.1) is 11.8 Å². The second kappa shape index (κ2) is 13.5. The van der Waals surface area contributed by atoms with Gasteiger partial charge in [0.25, 0.3) is 0 Å². The van der Waals surface area contributed by atoms with Crippen molar-refractivity contribution in [3.05, 3.63) is 0 Å². The molecule has 3 atom stereocenters. The predicted octanol–water partition coefficient (Wildman–Crippen LogP) is 7.28. The smallest absolute Gasteiger partial charge is 0.311 e. The van der Waals surface area contributed by atoms with Crippen LogP contribution in [-0.2, 0) is 18.7 Å². The Labute approximate surface area is 192 Å². The number of esters is 1. The van der Waals surface area contributed by atoms with Crippen molar-refractivity contribution in [2.24, 2.45) is 11.3 Å². The van der Waals surface area contributed by atoms with Crippen molar-refractivity contribution in [3.63, 3.8) is 0 Å². The highest BCUT2D eigenvalue weighted by Gasteiger charge is 2.46. The van der Waals surface area contributed by atoms with Crippen molar-refractivity contribution in [1.82, 2.24) is 0 Å². The summed E-state index contributed by atoms with van der Waals surface area (Å²) >= 11 is 1.65. The van der Waals surface area contributed by atoms with Gasteiger partial charge >= 0.3 is 5.97 Å². The Kier molecular flexibility index (Phi) is 13.5. The van der Waals surface area contributed by atoms with Crippen molar-refractivity contribution in [2.45, 2.75) is 118 Å². The fourth-order valence-electron chi connectivity index (χ4n) is 4.65. The Bertz CT molecular complexity index is 466. The molecule has 0 aliphatic rings. The minimum Gasteiger partial charge on any atom is -0.463 e. The molecular formula is C24H50O4SSi. The molecule has 0 heterocycles. The van der Waals surface area contributed by atoms with Gasteiger partial charge in [-0.1, -0.05) is 48.5 Å². The molecule has 0 N–H and O–H groups in total. The number of hydrogen-bond acceptors (Lipinski definition) is 5. The second-order valence-electron chi connectivity index (χ2n) is 10.9. The van der Waals surface area contributed by atoms with Gasteiger partial charge in [0.2, 0.25) is 8.32 Å². The van der Waals surface area contributed by atoms with Gasteiger partial charge in [0, 0.05) is 6.10 Å². The van der Waals surface area contributed by atoms with Crippen LogP contribution in [0.5, 0.6) is 0 Å². The highest BCUT2D eigenvalue weighted by atomic mass is 32.2. The first-order valence-corrected chi connectivity index (χ1v) is 15.2. The lowest BCUT2D eigenvalue weighted by molar-refractivity contribution is -0.157. The predicted molar refractivity (Wildman–Crippen MR) is 134 cm³/mol. The summed E-state index contributed by atoms with van der Waals surface area (Å²) in [5, 5.41) is 0. The van der Waals surface area contributed by atoms with Gasteiger partial charge in [0.05, 0.1) is 17.5 Å². The lowest BCUT2D eigenvalue weighted by Crippen LogP contribution is -2.50. The number of hydrogen-bond donors (Lipinski definition) is 0. The Morgan fingerprint density at radius 3 is 1.80 bits per heavy atom. The van der Waals surface area contributed by atoms with E-state index in [0.29, 0.717) is 35.1 Å². The minimum absolute atomic E-state index is 0.0757. The molecule has 0 saturated carbocycles. The van der Waals surface area contributed by atoms with E-state index >= 15 is 0 Å². The van der Waals surface area contributed by atoms with Crippen LogP contribution in [-0.4, -0.2) is 45.3 Å². The van der Waals surface area contributed by atoms with E-state index in [2.05, 4.69) is 55.4 Å². The average Bonchev–Trinajstić information content (AvgIpc) is 2.59. The topological polar surface area (TPSA) is 44.8 Å². The molecule has 0 fully saturated rings. The van der Waals surface area contributed by atoms with Crippen LogP contribution in [0.2, 0.25) is 16.6 Å². The SMILES string of the molecule is CSCO[C@@H](COC(=O)C(C)(C)C)C[C@H](C)C[C@H](C)O[Si](C(C)C)(C(C)C)C(C)C. The van der Waals surface area contributed by atoms with Gasteiger partial charge in [-0.3, -0.25) is 4.79 Å². The van der Waals surface area contributed by atoms with Crippen molar-refractivity contribution in [3.8, 4) is 0 Å². The molecule has 0 aliphatic carbocycles. The molecule has 4 nitrogen and oxygen atoms in total. The van der Waals surface area contributed by atoms with Gasteiger partial charge in [0.1, 0.15) is 6.61 Å². The molecule has 0 spiro atoms. The molecule has 0 amide bonds. The van der Waals surface area contributed by atoms with Crippen LogP contribution in [0, 0.1) is 11.3 Å². The van der Waals surface area contributed by atoms with Gasteiger partial charge in [-0.2, -0.15) is 0 Å². The van der Waals surface area contributed by atoms with Crippen molar-refractivity contribution < 1.29 is 18.7 Å². The third-order valence-electron chi connectivity index (χ3n) is 5.95. The zero-order valence-corrected chi connectivity index (χ0v) is 23.7. The van der Waals surface area contributed by atoms with Crippen LogP contribution in [0.3, 0.4) is 0 Å². The van der Waals surface area contributed by atoms with Crippen LogP contribution in [0.15, 0.2) is 0 Å². The zero-order valence-electron chi connectivity index (χ0n) is 21.8. The Hall–Kier alpha value is -0.0431. The van der Waals surface area contributed by atoms with Crippen molar-refractivity contribution in [1.29, 1.82) is 0 Å². The number of ether oxygens (including phenoxy) is 2. The van der Waals surface area contributed by atoms with Gasteiger partial charge in [-0.25, -0.2) is 0 Å². The van der Waals surface area contributed by atoms with Crippen LogP contribution in [0.25, 0.3) is 0 Å². The molecular weight excluding hydrogens is 412 g/mol. The summed E-state index contributed by atoms with van der Waals surface area (Å²) in [7, 11) is -1.87. The highest BCUT2D eigenvalue weighted by molar-refractivity contribution is 7.98. The van der Waals surface area contributed by atoms with E-state index < -0.39 is 13.7 Å². The van der Waals surface area contributed by atoms with E-state index in [9.17, 15) is 4.79 Å². The van der Waals surface area contributed by atoms with Crippen LogP contribution in [0.4, 0.5) is 0 Å². The van der Waals surface area contributed by atoms with Gasteiger partial charge < -0.3 is 13.9 Å². The first-order chi connectivity index (χ1) is 13.7. The highest BCUT2D eigenvalue weighted by Crippen LogP contribution is 2.43. The lowest BCUT2D eigenvalue weighted by atomic mass is 9.96. The maximum Gasteiger partial charge on any atom is 0.311 e. The van der Waals surface area contributed by atoms with Crippen molar-refractivity contribution >= 4 is 26.0 Å².